The van der Waals surface area contributed by atoms with Crippen LogP contribution in [0.15, 0.2) is 60.4 Å². The van der Waals surface area contributed by atoms with Crippen molar-refractivity contribution in [1.29, 1.82) is 0 Å². The summed E-state index contributed by atoms with van der Waals surface area (Å²) in [6.07, 6.45) is -0.721. The van der Waals surface area contributed by atoms with Crippen molar-refractivity contribution in [1.82, 2.24) is 14.9 Å². The van der Waals surface area contributed by atoms with Gasteiger partial charge in [0, 0.05) is 39.1 Å². The van der Waals surface area contributed by atoms with Gasteiger partial charge in [-0.1, -0.05) is 12.6 Å². The van der Waals surface area contributed by atoms with Gasteiger partial charge in [-0.15, -0.1) is 0 Å². The number of allylic oxidation sites excluding steroid dienone is 1. The van der Waals surface area contributed by atoms with Crippen LogP contribution in [-0.4, -0.2) is 66.2 Å². The highest BCUT2D eigenvalue weighted by atomic mass is 19.4. The Labute approximate surface area is 198 Å². The average molecular weight is 496 g/mol. The van der Waals surface area contributed by atoms with Crippen LogP contribution in [0.4, 0.5) is 23.2 Å². The summed E-state index contributed by atoms with van der Waals surface area (Å²) in [6, 6.07) is 5.50. The fourth-order valence-electron chi connectivity index (χ4n) is 3.36. The van der Waals surface area contributed by atoms with Gasteiger partial charge in [0.05, 0.1) is 24.5 Å². The Bertz CT molecular complexity index is 1110. The third-order valence-electron chi connectivity index (χ3n) is 4.97. The number of nitrogens with zero attached hydrogens (tertiary/aromatic N) is 5. The SMILES string of the molecule is C=CN(C1CCOC1)N(C)n1nccc1C(=NC)Oc1cccc(NC(=O)/C=C/C(F)(F)F)c1F. The maximum absolute atomic E-state index is 15.0. The number of amides is 1. The molecule has 1 N–H and O–H groups in total. The van der Waals surface area contributed by atoms with Crippen molar-refractivity contribution in [3.05, 3.63) is 66.9 Å². The predicted octanol–water partition coefficient (Wildman–Crippen LogP) is 3.25. The Morgan fingerprint density at radius 1 is 1.40 bits per heavy atom. The Hall–Kier alpha value is -3.87. The lowest BCUT2D eigenvalue weighted by molar-refractivity contribution is -0.112. The number of benzene rings is 1. The molecule has 0 bridgehead atoms. The van der Waals surface area contributed by atoms with Crippen LogP contribution in [0.1, 0.15) is 12.1 Å². The van der Waals surface area contributed by atoms with Gasteiger partial charge in [0.1, 0.15) is 5.69 Å². The molecule has 188 valence electrons. The lowest BCUT2D eigenvalue weighted by atomic mass is 10.2. The van der Waals surface area contributed by atoms with E-state index in [1.807, 2.05) is 5.01 Å². The molecular formula is C22H24F4N6O3. The van der Waals surface area contributed by atoms with Crippen LogP contribution in [0.5, 0.6) is 5.75 Å². The number of halogens is 4. The lowest BCUT2D eigenvalue weighted by Gasteiger charge is -2.36. The maximum atomic E-state index is 15.0. The third kappa shape index (κ3) is 6.38. The molecule has 1 saturated heterocycles. The third-order valence-corrected chi connectivity index (χ3v) is 4.97. The van der Waals surface area contributed by atoms with E-state index in [9.17, 15) is 22.4 Å². The van der Waals surface area contributed by atoms with Gasteiger partial charge in [-0.25, -0.2) is 9.51 Å². The van der Waals surface area contributed by atoms with Crippen molar-refractivity contribution >= 4 is 17.5 Å². The second-order valence-corrected chi connectivity index (χ2v) is 7.29. The van der Waals surface area contributed by atoms with E-state index in [1.54, 1.807) is 24.4 Å². The van der Waals surface area contributed by atoms with E-state index in [2.05, 4.69) is 22.0 Å². The van der Waals surface area contributed by atoms with Crippen LogP contribution in [-0.2, 0) is 9.53 Å². The topological polar surface area (TPSA) is 84.2 Å². The molecule has 3 rings (SSSR count). The van der Waals surface area contributed by atoms with Crippen molar-refractivity contribution in [3.63, 3.8) is 0 Å². The molecule has 13 heteroatoms. The second-order valence-electron chi connectivity index (χ2n) is 7.29. The van der Waals surface area contributed by atoms with Crippen LogP contribution < -0.4 is 15.2 Å². The number of aromatic nitrogens is 2. The maximum Gasteiger partial charge on any atom is 0.409 e. The van der Waals surface area contributed by atoms with Crippen molar-refractivity contribution in [3.8, 4) is 5.75 Å². The molecule has 0 spiro atoms. The Kier molecular flexibility index (Phi) is 8.12. The zero-order valence-corrected chi connectivity index (χ0v) is 19.0. The number of hydrogen-bond acceptors (Lipinski definition) is 7. The molecule has 9 nitrogen and oxygen atoms in total. The number of aliphatic imine (C=N–C) groups is 1. The number of rotatable bonds is 8. The van der Waals surface area contributed by atoms with E-state index in [0.29, 0.717) is 18.9 Å². The summed E-state index contributed by atoms with van der Waals surface area (Å²) in [4.78, 5) is 17.3. The van der Waals surface area contributed by atoms with Gasteiger partial charge >= 0.3 is 6.18 Å². The zero-order chi connectivity index (χ0) is 25.6. The monoisotopic (exact) mass is 496 g/mol. The molecule has 2 heterocycles. The molecule has 0 aliphatic carbocycles. The van der Waals surface area contributed by atoms with Gasteiger partial charge in [-0.2, -0.15) is 23.1 Å². The normalized spacial score (nSPS) is 16.4. The minimum atomic E-state index is -4.67. The summed E-state index contributed by atoms with van der Waals surface area (Å²) in [6.45, 7) is 4.98. The van der Waals surface area contributed by atoms with E-state index in [4.69, 9.17) is 9.47 Å². The minimum Gasteiger partial charge on any atom is -0.434 e. The number of carbonyl (C=O) groups is 1. The van der Waals surface area contributed by atoms with Gasteiger partial charge in [0.15, 0.2) is 11.6 Å². The second kappa shape index (κ2) is 11.0. The highest BCUT2D eigenvalue weighted by molar-refractivity contribution is 5.99. The van der Waals surface area contributed by atoms with Gasteiger partial charge < -0.3 is 14.8 Å². The van der Waals surface area contributed by atoms with Gasteiger partial charge in [0.25, 0.3) is 0 Å². The number of carbonyl (C=O) groups excluding carboxylic acids is 1. The van der Waals surface area contributed by atoms with Gasteiger partial charge in [-0.3, -0.25) is 14.8 Å². The van der Waals surface area contributed by atoms with E-state index >= 15 is 0 Å². The zero-order valence-electron chi connectivity index (χ0n) is 19.0. The lowest BCUT2D eigenvalue weighted by Crippen LogP contribution is -2.51. The van der Waals surface area contributed by atoms with E-state index in [1.165, 1.54) is 36.2 Å². The molecule has 1 aromatic carbocycles. The van der Waals surface area contributed by atoms with Crippen LogP contribution in [0.25, 0.3) is 0 Å². The van der Waals surface area contributed by atoms with Crippen LogP contribution in [0.3, 0.4) is 0 Å². The molecule has 1 amide bonds. The summed E-state index contributed by atoms with van der Waals surface area (Å²) in [5.74, 6) is -2.44. The molecule has 1 aromatic heterocycles. The Balaban J connectivity index is 1.81. The molecule has 1 aliphatic rings. The first-order chi connectivity index (χ1) is 16.6. The van der Waals surface area contributed by atoms with E-state index in [-0.39, 0.29) is 35.5 Å². The minimum absolute atomic E-state index is 0.000350. The highest BCUT2D eigenvalue weighted by Crippen LogP contribution is 2.26. The molecule has 0 radical (unpaired) electrons. The highest BCUT2D eigenvalue weighted by Gasteiger charge is 2.27. The first-order valence-corrected chi connectivity index (χ1v) is 10.4. The first-order valence-electron chi connectivity index (χ1n) is 10.4. The van der Waals surface area contributed by atoms with Crippen LogP contribution >= 0.6 is 0 Å². The van der Waals surface area contributed by atoms with Crippen molar-refractivity contribution in [2.75, 3.05) is 37.7 Å². The van der Waals surface area contributed by atoms with E-state index in [0.717, 1.165) is 6.42 Å². The van der Waals surface area contributed by atoms with Crippen molar-refractivity contribution in [2.45, 2.75) is 18.6 Å². The Morgan fingerprint density at radius 2 is 2.17 bits per heavy atom. The van der Waals surface area contributed by atoms with Gasteiger partial charge in [0.2, 0.25) is 11.8 Å². The number of nitrogens with one attached hydrogen (secondary N) is 1. The fraction of sp³-hybridized carbons (Fsp3) is 0.318. The van der Waals surface area contributed by atoms with Crippen molar-refractivity contribution < 1.29 is 31.8 Å². The predicted molar refractivity (Wildman–Crippen MR) is 121 cm³/mol. The molecule has 35 heavy (non-hydrogen) atoms. The smallest absolute Gasteiger partial charge is 0.409 e. The molecule has 1 unspecified atom stereocenters. The average Bonchev–Trinajstić information content (AvgIpc) is 3.51. The molecule has 2 aromatic rings. The fourth-order valence-corrected chi connectivity index (χ4v) is 3.36. The quantitative estimate of drug-likeness (QED) is 0.199. The standard InChI is InChI=1S/C22H24F4N6O3/c1-4-31(15-10-13-34-14-15)30(3)32-17(9-12-28-32)21(27-2)35-18-7-5-6-16(20(18)23)29-19(33)8-11-22(24,25)26/h4-9,11-12,15H,1,10,13-14H2,2-3H3,(H,29,33)/b11-8+,27-21?. The molecule has 1 aliphatic heterocycles. The molecule has 1 atom stereocenters. The van der Waals surface area contributed by atoms with Gasteiger partial charge in [-0.05, 0) is 24.6 Å². The number of alkyl halides is 3. The number of anilines is 1. The molecular weight excluding hydrogens is 472 g/mol. The van der Waals surface area contributed by atoms with Crippen molar-refractivity contribution in [2.24, 2.45) is 4.99 Å². The Morgan fingerprint density at radius 3 is 2.80 bits per heavy atom. The largest absolute Gasteiger partial charge is 0.434 e. The summed E-state index contributed by atoms with van der Waals surface area (Å²) in [7, 11) is 3.18. The van der Waals surface area contributed by atoms with E-state index < -0.39 is 17.9 Å². The van der Waals surface area contributed by atoms with Crippen LogP contribution in [0, 0.1) is 5.82 Å². The number of ether oxygens (including phenoxy) is 2. The summed E-state index contributed by atoms with van der Waals surface area (Å²) in [5, 5.41) is 9.86. The number of hydrogen-bond donors (Lipinski definition) is 1. The summed E-state index contributed by atoms with van der Waals surface area (Å²) in [5.41, 5.74) is 0.0159. The van der Waals surface area contributed by atoms with Crippen LogP contribution in [0.2, 0.25) is 0 Å². The molecule has 1 fully saturated rings. The number of hydrazine groups is 1. The summed E-state index contributed by atoms with van der Waals surface area (Å²) < 4.78 is 62.9. The summed E-state index contributed by atoms with van der Waals surface area (Å²) >= 11 is 0. The molecule has 0 saturated carbocycles. The first kappa shape index (κ1) is 25.7.